The number of nitrogens with one attached hydrogen (secondary N) is 1. The smallest absolute Gasteiger partial charge is 0.248 e. The van der Waals surface area contributed by atoms with E-state index in [1.54, 1.807) is 4.68 Å². The lowest BCUT2D eigenvalue weighted by Gasteiger charge is -2.29. The Balaban J connectivity index is 1.47. The second kappa shape index (κ2) is 9.00. The summed E-state index contributed by atoms with van der Waals surface area (Å²) < 4.78 is 13.9. The van der Waals surface area contributed by atoms with Crippen LogP contribution in [0.15, 0.2) is 109 Å². The maximum absolute atomic E-state index is 6.10. The molecule has 33 heavy (non-hydrogen) atoms. The van der Waals surface area contributed by atoms with Gasteiger partial charge in [-0.05, 0) is 52.7 Å². The largest absolute Gasteiger partial charge is 0.489 e. The highest BCUT2D eigenvalue weighted by atomic mass is 16.5. The summed E-state index contributed by atoms with van der Waals surface area (Å²) in [5.74, 6) is 2.61. The normalized spacial score (nSPS) is 14.9. The molecule has 0 amide bonds. The number of hydrogen-bond donors (Lipinski definition) is 1. The first-order valence-corrected chi connectivity index (χ1v) is 10.6. The van der Waals surface area contributed by atoms with Crippen LogP contribution in [0.25, 0.3) is 0 Å². The summed E-state index contributed by atoms with van der Waals surface area (Å²) in [6.45, 7) is 6.63. The van der Waals surface area contributed by atoms with Crippen molar-refractivity contribution in [3.63, 3.8) is 0 Å². The second-order valence-electron chi connectivity index (χ2n) is 7.70. The number of aromatic nitrogens is 4. The minimum absolute atomic E-state index is 0.321. The molecule has 0 fully saturated rings. The lowest BCUT2D eigenvalue weighted by atomic mass is 9.94. The highest BCUT2D eigenvalue weighted by Crippen LogP contribution is 2.39. The summed E-state index contributed by atoms with van der Waals surface area (Å²) in [6, 6.07) is 27.3. The summed E-state index contributed by atoms with van der Waals surface area (Å²) in [6.07, 6.45) is 0. The van der Waals surface area contributed by atoms with Gasteiger partial charge in [-0.3, -0.25) is 0 Å². The average molecular weight is 438 g/mol. The van der Waals surface area contributed by atoms with E-state index in [0.29, 0.717) is 18.3 Å². The molecule has 7 nitrogen and oxygen atoms in total. The van der Waals surface area contributed by atoms with Crippen LogP contribution in [0.5, 0.6) is 11.5 Å². The molecule has 0 aliphatic carbocycles. The first-order valence-electron chi connectivity index (χ1n) is 10.6. The minimum atomic E-state index is -0.321. The predicted molar refractivity (Wildman–Crippen MR) is 126 cm³/mol. The van der Waals surface area contributed by atoms with Crippen molar-refractivity contribution in [1.82, 2.24) is 20.2 Å². The molecule has 1 aliphatic rings. The van der Waals surface area contributed by atoms with E-state index < -0.39 is 0 Å². The van der Waals surface area contributed by atoms with Crippen LogP contribution >= 0.6 is 0 Å². The van der Waals surface area contributed by atoms with Gasteiger partial charge < -0.3 is 14.8 Å². The van der Waals surface area contributed by atoms with Crippen molar-refractivity contribution < 1.29 is 9.47 Å². The first kappa shape index (κ1) is 20.5. The summed E-state index contributed by atoms with van der Waals surface area (Å²) in [7, 11) is 0. The second-order valence-corrected chi connectivity index (χ2v) is 7.70. The summed E-state index contributed by atoms with van der Waals surface area (Å²) in [5.41, 5.74) is 3.79. The molecule has 2 heterocycles. The van der Waals surface area contributed by atoms with Crippen LogP contribution in [-0.4, -0.2) is 20.2 Å². The van der Waals surface area contributed by atoms with Crippen LogP contribution in [0.1, 0.15) is 24.1 Å². The third kappa shape index (κ3) is 4.34. The quantitative estimate of drug-likeness (QED) is 0.386. The topological polar surface area (TPSA) is 74.1 Å². The number of ether oxygens (including phenoxy) is 2. The van der Waals surface area contributed by atoms with Crippen LogP contribution in [-0.2, 0) is 11.3 Å². The molecule has 0 radical (unpaired) electrons. The highest BCUT2D eigenvalue weighted by molar-refractivity contribution is 5.52. The zero-order valence-electron chi connectivity index (χ0n) is 18.2. The average Bonchev–Trinajstić information content (AvgIpc) is 3.31. The van der Waals surface area contributed by atoms with Crippen LogP contribution in [0, 0.1) is 0 Å². The number of anilines is 1. The Kier molecular flexibility index (Phi) is 5.59. The number of benzene rings is 3. The van der Waals surface area contributed by atoms with Gasteiger partial charge >= 0.3 is 0 Å². The Morgan fingerprint density at radius 2 is 1.70 bits per heavy atom. The Morgan fingerprint density at radius 1 is 0.970 bits per heavy atom. The van der Waals surface area contributed by atoms with Gasteiger partial charge in [-0.1, -0.05) is 72.3 Å². The number of tetrazole rings is 1. The molecule has 164 valence electrons. The number of para-hydroxylation sites is 1. The first-order chi connectivity index (χ1) is 16.2. The predicted octanol–water partition coefficient (Wildman–Crippen LogP) is 5.48. The van der Waals surface area contributed by atoms with Gasteiger partial charge in [-0.15, -0.1) is 0 Å². The number of rotatable bonds is 7. The minimum Gasteiger partial charge on any atom is -0.489 e. The SMILES string of the molecule is C=C(OCc1ccccc1)C1=C(C)Nc2nnnn2C1c1cccc(Oc2ccccc2)c1. The van der Waals surface area contributed by atoms with Crippen molar-refractivity contribution in [1.29, 1.82) is 0 Å². The van der Waals surface area contributed by atoms with Gasteiger partial charge in [-0.2, -0.15) is 4.68 Å². The van der Waals surface area contributed by atoms with Gasteiger partial charge in [0.15, 0.2) is 0 Å². The number of allylic oxidation sites excluding steroid dienone is 2. The highest BCUT2D eigenvalue weighted by Gasteiger charge is 2.32. The molecule has 0 bridgehead atoms. The van der Waals surface area contributed by atoms with Gasteiger partial charge in [0.1, 0.15) is 29.9 Å². The molecule has 1 aliphatic heterocycles. The monoisotopic (exact) mass is 437 g/mol. The molecular weight excluding hydrogens is 414 g/mol. The molecule has 0 spiro atoms. The summed E-state index contributed by atoms with van der Waals surface area (Å²) in [4.78, 5) is 0. The maximum atomic E-state index is 6.10. The van der Waals surface area contributed by atoms with Gasteiger partial charge in [0, 0.05) is 11.3 Å². The van der Waals surface area contributed by atoms with Crippen molar-refractivity contribution in [3.05, 3.63) is 120 Å². The van der Waals surface area contributed by atoms with E-state index in [2.05, 4.69) is 27.4 Å². The van der Waals surface area contributed by atoms with E-state index in [1.165, 1.54) is 0 Å². The lowest BCUT2D eigenvalue weighted by Crippen LogP contribution is -2.26. The van der Waals surface area contributed by atoms with Crippen molar-refractivity contribution >= 4 is 5.95 Å². The molecule has 3 aromatic carbocycles. The van der Waals surface area contributed by atoms with E-state index in [9.17, 15) is 0 Å². The summed E-state index contributed by atoms with van der Waals surface area (Å²) in [5, 5.41) is 15.5. The van der Waals surface area contributed by atoms with E-state index in [-0.39, 0.29) is 6.04 Å². The molecule has 0 saturated heterocycles. The van der Waals surface area contributed by atoms with Gasteiger partial charge in [-0.25, -0.2) is 0 Å². The molecule has 5 rings (SSSR count). The third-order valence-electron chi connectivity index (χ3n) is 5.42. The Hall–Kier alpha value is -4.39. The molecular formula is C26H23N5O2. The van der Waals surface area contributed by atoms with E-state index in [4.69, 9.17) is 9.47 Å². The molecule has 7 heteroatoms. The molecule has 1 N–H and O–H groups in total. The van der Waals surface area contributed by atoms with Crippen molar-refractivity contribution in [2.45, 2.75) is 19.6 Å². The number of nitrogens with zero attached hydrogens (tertiary/aromatic N) is 4. The fraction of sp³-hybridized carbons (Fsp3) is 0.115. The molecule has 1 aromatic heterocycles. The number of fused-ring (bicyclic) bond motifs is 1. The fourth-order valence-corrected chi connectivity index (χ4v) is 3.88. The fourth-order valence-electron chi connectivity index (χ4n) is 3.88. The molecule has 1 atom stereocenters. The van der Waals surface area contributed by atoms with Crippen LogP contribution in [0.3, 0.4) is 0 Å². The van der Waals surface area contributed by atoms with Crippen LogP contribution in [0.2, 0.25) is 0 Å². The van der Waals surface area contributed by atoms with E-state index in [0.717, 1.165) is 33.9 Å². The van der Waals surface area contributed by atoms with Gasteiger partial charge in [0.05, 0.1) is 0 Å². The Morgan fingerprint density at radius 3 is 2.48 bits per heavy atom. The van der Waals surface area contributed by atoms with Gasteiger partial charge in [0.2, 0.25) is 5.95 Å². The van der Waals surface area contributed by atoms with Crippen molar-refractivity contribution in [3.8, 4) is 11.5 Å². The van der Waals surface area contributed by atoms with Gasteiger partial charge in [0.25, 0.3) is 0 Å². The Bertz CT molecular complexity index is 1300. The molecule has 4 aromatic rings. The lowest BCUT2D eigenvalue weighted by molar-refractivity contribution is 0.202. The zero-order chi connectivity index (χ0) is 22.6. The number of hydrogen-bond acceptors (Lipinski definition) is 6. The van der Waals surface area contributed by atoms with Crippen molar-refractivity contribution in [2.24, 2.45) is 0 Å². The van der Waals surface area contributed by atoms with E-state index in [1.807, 2.05) is 91.9 Å². The maximum Gasteiger partial charge on any atom is 0.248 e. The van der Waals surface area contributed by atoms with Crippen LogP contribution < -0.4 is 10.1 Å². The van der Waals surface area contributed by atoms with Crippen LogP contribution in [0.4, 0.5) is 5.95 Å². The standard InChI is InChI=1S/C26H23N5O2/c1-18-24(19(2)32-17-20-10-5-3-6-11-20)25(31-26(27-18)28-29-30-31)21-12-9-15-23(16-21)33-22-13-7-4-8-14-22/h3-16,25H,2,17H2,1H3,(H,27,28,30). The molecule has 0 saturated carbocycles. The summed E-state index contributed by atoms with van der Waals surface area (Å²) >= 11 is 0. The molecule has 1 unspecified atom stereocenters. The van der Waals surface area contributed by atoms with Crippen molar-refractivity contribution in [2.75, 3.05) is 5.32 Å². The Labute approximate surface area is 192 Å². The third-order valence-corrected chi connectivity index (χ3v) is 5.42. The zero-order valence-corrected chi connectivity index (χ0v) is 18.2. The van der Waals surface area contributed by atoms with E-state index >= 15 is 0 Å².